The predicted octanol–water partition coefficient (Wildman–Crippen LogP) is 0.542. The van der Waals surface area contributed by atoms with Gasteiger partial charge in [-0.1, -0.05) is 0 Å². The zero-order valence-corrected chi connectivity index (χ0v) is 10.3. The second kappa shape index (κ2) is 4.99. The molecule has 1 amide bonds. The van der Waals surface area contributed by atoms with Crippen LogP contribution in [0.2, 0.25) is 0 Å². The van der Waals surface area contributed by atoms with Crippen LogP contribution >= 0.6 is 0 Å². The second-order valence-corrected chi connectivity index (χ2v) is 4.04. The van der Waals surface area contributed by atoms with Crippen molar-refractivity contribution in [2.75, 3.05) is 5.32 Å². The molecule has 100 valence electrons. The summed E-state index contributed by atoms with van der Waals surface area (Å²) in [6.45, 7) is 0.254. The van der Waals surface area contributed by atoms with Gasteiger partial charge in [-0.05, 0) is 18.2 Å². The number of nitrogens with one attached hydrogen (secondary N) is 1. The number of aromatic nitrogens is 2. The molecule has 5 N–H and O–H groups in total. The zero-order chi connectivity index (χ0) is 14.0. The van der Waals surface area contributed by atoms with Crippen molar-refractivity contribution in [3.8, 4) is 11.5 Å². The number of nitrogens with two attached hydrogens (primary N) is 1. The Morgan fingerprint density at radius 3 is 2.79 bits per heavy atom. The number of hydrogen-bond acceptors (Lipinski definition) is 5. The van der Waals surface area contributed by atoms with Crippen LogP contribution in [0.4, 0.5) is 5.82 Å². The largest absolute Gasteiger partial charge is 0.504 e. The fraction of sp³-hybridized carbons (Fsp3) is 0.167. The molecule has 0 saturated carbocycles. The van der Waals surface area contributed by atoms with Gasteiger partial charge in [0.2, 0.25) is 0 Å². The van der Waals surface area contributed by atoms with Gasteiger partial charge < -0.3 is 21.3 Å². The minimum absolute atomic E-state index is 0.212. The lowest BCUT2D eigenvalue weighted by Gasteiger charge is -2.05. The molecule has 0 fully saturated rings. The van der Waals surface area contributed by atoms with E-state index in [9.17, 15) is 15.0 Å². The Hall–Kier alpha value is -2.54. The minimum atomic E-state index is -0.441. The van der Waals surface area contributed by atoms with Gasteiger partial charge in [0.15, 0.2) is 17.3 Å². The van der Waals surface area contributed by atoms with Crippen LogP contribution in [0.25, 0.3) is 0 Å². The van der Waals surface area contributed by atoms with Crippen molar-refractivity contribution in [1.82, 2.24) is 9.78 Å². The molecule has 7 heteroatoms. The monoisotopic (exact) mass is 262 g/mol. The SMILES string of the molecule is Cn1cc(CN)c(NC(=O)c2ccc(O)c(O)c2)n1. The van der Waals surface area contributed by atoms with E-state index in [0.29, 0.717) is 11.4 Å². The van der Waals surface area contributed by atoms with E-state index in [-0.39, 0.29) is 23.6 Å². The lowest BCUT2D eigenvalue weighted by Crippen LogP contribution is -2.14. The van der Waals surface area contributed by atoms with Gasteiger partial charge in [0.1, 0.15) is 0 Å². The molecule has 0 aliphatic heterocycles. The van der Waals surface area contributed by atoms with Crippen molar-refractivity contribution in [2.24, 2.45) is 12.8 Å². The zero-order valence-electron chi connectivity index (χ0n) is 10.3. The lowest BCUT2D eigenvalue weighted by atomic mass is 10.2. The van der Waals surface area contributed by atoms with Crippen LogP contribution in [0.3, 0.4) is 0 Å². The first-order chi connectivity index (χ1) is 9.01. The van der Waals surface area contributed by atoms with Crippen molar-refractivity contribution in [2.45, 2.75) is 6.54 Å². The topological polar surface area (TPSA) is 113 Å². The van der Waals surface area contributed by atoms with Gasteiger partial charge in [-0.3, -0.25) is 9.48 Å². The first kappa shape index (κ1) is 12.9. The smallest absolute Gasteiger partial charge is 0.257 e. The van der Waals surface area contributed by atoms with Gasteiger partial charge in [-0.2, -0.15) is 5.10 Å². The molecule has 0 aliphatic rings. The molecule has 0 radical (unpaired) electrons. The number of amides is 1. The number of benzene rings is 1. The number of anilines is 1. The molecule has 0 spiro atoms. The van der Waals surface area contributed by atoms with E-state index in [1.807, 2.05) is 0 Å². The maximum absolute atomic E-state index is 12.0. The molecule has 0 unspecified atom stereocenters. The van der Waals surface area contributed by atoms with E-state index in [0.717, 1.165) is 0 Å². The molecule has 7 nitrogen and oxygen atoms in total. The third kappa shape index (κ3) is 2.66. The van der Waals surface area contributed by atoms with Gasteiger partial charge in [0, 0.05) is 30.9 Å². The van der Waals surface area contributed by atoms with Gasteiger partial charge in [-0.15, -0.1) is 0 Å². The number of carbonyl (C=O) groups excluding carboxylic acids is 1. The summed E-state index contributed by atoms with van der Waals surface area (Å²) in [7, 11) is 1.72. The fourth-order valence-corrected chi connectivity index (χ4v) is 1.64. The number of rotatable bonds is 3. The summed E-state index contributed by atoms with van der Waals surface area (Å²) in [5.74, 6) is -0.698. The van der Waals surface area contributed by atoms with Gasteiger partial charge in [0.05, 0.1) is 0 Å². The molecule has 0 saturated heterocycles. The van der Waals surface area contributed by atoms with Crippen LogP contribution < -0.4 is 11.1 Å². The van der Waals surface area contributed by atoms with Crippen molar-refractivity contribution < 1.29 is 15.0 Å². The van der Waals surface area contributed by atoms with Crippen LogP contribution in [0.15, 0.2) is 24.4 Å². The summed E-state index contributed by atoms with van der Waals surface area (Å²) < 4.78 is 1.55. The number of carbonyl (C=O) groups is 1. The molecule has 2 aromatic rings. The third-order valence-electron chi connectivity index (χ3n) is 2.59. The summed E-state index contributed by atoms with van der Waals surface area (Å²) >= 11 is 0. The Morgan fingerprint density at radius 2 is 2.16 bits per heavy atom. The first-order valence-electron chi connectivity index (χ1n) is 5.57. The van der Waals surface area contributed by atoms with E-state index in [4.69, 9.17) is 5.73 Å². The highest BCUT2D eigenvalue weighted by molar-refractivity contribution is 6.04. The van der Waals surface area contributed by atoms with E-state index >= 15 is 0 Å². The molecule has 2 rings (SSSR count). The first-order valence-corrected chi connectivity index (χ1v) is 5.57. The number of aromatic hydroxyl groups is 2. The van der Waals surface area contributed by atoms with Crippen LogP contribution in [-0.2, 0) is 13.6 Å². The maximum atomic E-state index is 12.0. The molecule has 0 bridgehead atoms. The highest BCUT2D eigenvalue weighted by Crippen LogP contribution is 2.25. The van der Waals surface area contributed by atoms with Crippen LogP contribution in [0, 0.1) is 0 Å². The van der Waals surface area contributed by atoms with Crippen molar-refractivity contribution in [3.63, 3.8) is 0 Å². The Morgan fingerprint density at radius 1 is 1.42 bits per heavy atom. The fourth-order valence-electron chi connectivity index (χ4n) is 1.64. The van der Waals surface area contributed by atoms with E-state index in [2.05, 4.69) is 10.4 Å². The Labute approximate surface area is 109 Å². The van der Waals surface area contributed by atoms with Gasteiger partial charge in [0.25, 0.3) is 5.91 Å². The number of hydrogen-bond donors (Lipinski definition) is 4. The number of phenols is 2. The van der Waals surface area contributed by atoms with Crippen LogP contribution in [-0.4, -0.2) is 25.9 Å². The number of nitrogens with zero attached hydrogens (tertiary/aromatic N) is 2. The summed E-state index contributed by atoms with van der Waals surface area (Å²) in [6.07, 6.45) is 1.71. The van der Waals surface area contributed by atoms with Crippen LogP contribution in [0.1, 0.15) is 15.9 Å². The highest BCUT2D eigenvalue weighted by atomic mass is 16.3. The molecule has 0 aliphatic carbocycles. The Kier molecular flexibility index (Phi) is 3.39. The van der Waals surface area contributed by atoms with Crippen molar-refractivity contribution in [1.29, 1.82) is 0 Å². The molecule has 1 aromatic carbocycles. The average molecular weight is 262 g/mol. The summed E-state index contributed by atoms with van der Waals surface area (Å²) in [5.41, 5.74) is 6.46. The average Bonchev–Trinajstić information content (AvgIpc) is 2.72. The number of aryl methyl sites for hydroxylation is 1. The third-order valence-corrected chi connectivity index (χ3v) is 2.59. The highest BCUT2D eigenvalue weighted by Gasteiger charge is 2.13. The molecule has 1 heterocycles. The summed E-state index contributed by atoms with van der Waals surface area (Å²) in [4.78, 5) is 12.0. The van der Waals surface area contributed by atoms with Crippen LogP contribution in [0.5, 0.6) is 11.5 Å². The van der Waals surface area contributed by atoms with Gasteiger partial charge >= 0.3 is 0 Å². The quantitative estimate of drug-likeness (QED) is 0.603. The van der Waals surface area contributed by atoms with E-state index in [1.165, 1.54) is 18.2 Å². The second-order valence-electron chi connectivity index (χ2n) is 4.04. The summed E-state index contributed by atoms with van der Waals surface area (Å²) in [6, 6.07) is 3.82. The standard InChI is InChI=1S/C12H14N4O3/c1-16-6-8(5-13)11(15-16)14-12(19)7-2-3-9(17)10(18)4-7/h2-4,6,17-18H,5,13H2,1H3,(H,14,15,19). The lowest BCUT2D eigenvalue weighted by molar-refractivity contribution is 0.102. The number of phenolic OH excluding ortho intramolecular Hbond substituents is 2. The normalized spacial score (nSPS) is 10.4. The molecular formula is C12H14N4O3. The Bertz CT molecular complexity index is 621. The van der Waals surface area contributed by atoms with Crippen molar-refractivity contribution in [3.05, 3.63) is 35.5 Å². The molecule has 19 heavy (non-hydrogen) atoms. The van der Waals surface area contributed by atoms with E-state index in [1.54, 1.807) is 17.9 Å². The minimum Gasteiger partial charge on any atom is -0.504 e. The predicted molar refractivity (Wildman–Crippen MR) is 68.8 cm³/mol. The van der Waals surface area contributed by atoms with Crippen molar-refractivity contribution >= 4 is 11.7 Å². The maximum Gasteiger partial charge on any atom is 0.257 e. The Balaban J connectivity index is 2.22. The van der Waals surface area contributed by atoms with E-state index < -0.39 is 5.91 Å². The summed E-state index contributed by atoms with van der Waals surface area (Å²) in [5, 5.41) is 25.2. The molecular weight excluding hydrogens is 248 g/mol. The molecule has 1 aromatic heterocycles. The molecule has 0 atom stereocenters. The van der Waals surface area contributed by atoms with Gasteiger partial charge in [-0.25, -0.2) is 0 Å².